The molecule has 1 N–H and O–H groups in total. The Morgan fingerprint density at radius 1 is 1.55 bits per heavy atom. The van der Waals surface area contributed by atoms with E-state index in [0.717, 1.165) is 12.8 Å². The van der Waals surface area contributed by atoms with Gasteiger partial charge in [-0.25, -0.2) is 0 Å². The van der Waals surface area contributed by atoms with Gasteiger partial charge < -0.3 is 14.6 Å². The fraction of sp³-hybridized carbons (Fsp3) is 0.500. The summed E-state index contributed by atoms with van der Waals surface area (Å²) in [6, 6.07) is 5.15. The molecular formula is C14H19N3O3. The van der Waals surface area contributed by atoms with E-state index in [9.17, 15) is 9.59 Å². The highest BCUT2D eigenvalue weighted by Gasteiger charge is 2.07. The van der Waals surface area contributed by atoms with Crippen molar-refractivity contribution in [2.24, 2.45) is 0 Å². The van der Waals surface area contributed by atoms with Crippen molar-refractivity contribution in [3.63, 3.8) is 0 Å². The fourth-order valence-corrected chi connectivity index (χ4v) is 1.57. The second-order valence-corrected chi connectivity index (χ2v) is 4.27. The van der Waals surface area contributed by atoms with Crippen LogP contribution in [0, 0.1) is 11.3 Å². The highest BCUT2D eigenvalue weighted by Crippen LogP contribution is 2.02. The standard InChI is InChI=1S/C14H19N3O3/c1-2-3-8-16-13(18)11-20-12-6-4-9-17(14(12)19)10-5-7-15/h4,6,9H,2-3,5,8,10-11H2,1H3,(H,16,18). The van der Waals surface area contributed by atoms with Gasteiger partial charge in [0.05, 0.1) is 12.5 Å². The van der Waals surface area contributed by atoms with E-state index < -0.39 is 0 Å². The second kappa shape index (κ2) is 8.75. The molecule has 0 radical (unpaired) electrons. The van der Waals surface area contributed by atoms with Crippen LogP contribution < -0.4 is 15.6 Å². The van der Waals surface area contributed by atoms with Crippen molar-refractivity contribution in [1.29, 1.82) is 5.26 Å². The van der Waals surface area contributed by atoms with E-state index in [1.165, 1.54) is 10.6 Å². The lowest BCUT2D eigenvalue weighted by molar-refractivity contribution is -0.123. The SMILES string of the molecule is CCCCNC(=O)COc1cccn(CCC#N)c1=O. The minimum absolute atomic E-state index is 0.121. The molecule has 1 amide bonds. The molecule has 1 rings (SSSR count). The molecule has 0 unspecified atom stereocenters. The third kappa shape index (κ3) is 5.14. The van der Waals surface area contributed by atoms with Crippen LogP contribution in [0.25, 0.3) is 0 Å². The normalized spacial score (nSPS) is 9.80. The largest absolute Gasteiger partial charge is 0.478 e. The number of hydrogen-bond donors (Lipinski definition) is 1. The maximum atomic E-state index is 11.9. The Balaban J connectivity index is 2.54. The van der Waals surface area contributed by atoms with Crippen molar-refractivity contribution < 1.29 is 9.53 Å². The van der Waals surface area contributed by atoms with Gasteiger partial charge in [0.1, 0.15) is 0 Å². The van der Waals surface area contributed by atoms with E-state index in [0.29, 0.717) is 13.1 Å². The monoisotopic (exact) mass is 277 g/mol. The molecule has 0 spiro atoms. The maximum Gasteiger partial charge on any atom is 0.292 e. The predicted octanol–water partition coefficient (Wildman–Crippen LogP) is 1.06. The molecular weight excluding hydrogens is 258 g/mol. The molecule has 1 aromatic heterocycles. The molecule has 0 saturated carbocycles. The first-order valence-electron chi connectivity index (χ1n) is 6.65. The lowest BCUT2D eigenvalue weighted by atomic mass is 10.3. The number of nitrogens with one attached hydrogen (secondary N) is 1. The highest BCUT2D eigenvalue weighted by atomic mass is 16.5. The first kappa shape index (κ1) is 15.8. The van der Waals surface area contributed by atoms with Crippen LogP contribution in [-0.4, -0.2) is 23.6 Å². The zero-order valence-electron chi connectivity index (χ0n) is 11.6. The van der Waals surface area contributed by atoms with Gasteiger partial charge in [0.2, 0.25) is 0 Å². The molecule has 1 heterocycles. The van der Waals surface area contributed by atoms with E-state index in [4.69, 9.17) is 10.00 Å². The molecule has 0 aliphatic carbocycles. The summed E-state index contributed by atoms with van der Waals surface area (Å²) in [5.41, 5.74) is -0.330. The van der Waals surface area contributed by atoms with Crippen LogP contribution in [-0.2, 0) is 11.3 Å². The van der Waals surface area contributed by atoms with Crippen molar-refractivity contribution in [2.45, 2.75) is 32.7 Å². The maximum absolute atomic E-state index is 11.9. The first-order chi connectivity index (χ1) is 9.69. The van der Waals surface area contributed by atoms with Crippen LogP contribution >= 0.6 is 0 Å². The van der Waals surface area contributed by atoms with Crippen LogP contribution in [0.2, 0.25) is 0 Å². The number of aromatic nitrogens is 1. The van der Waals surface area contributed by atoms with Crippen molar-refractivity contribution in [1.82, 2.24) is 9.88 Å². The van der Waals surface area contributed by atoms with Crippen LogP contribution in [0.4, 0.5) is 0 Å². The summed E-state index contributed by atoms with van der Waals surface area (Å²) >= 11 is 0. The van der Waals surface area contributed by atoms with E-state index in [-0.39, 0.29) is 30.2 Å². The van der Waals surface area contributed by atoms with Gasteiger partial charge in [0, 0.05) is 19.3 Å². The number of nitrogens with zero attached hydrogens (tertiary/aromatic N) is 2. The Labute approximate surface area is 118 Å². The highest BCUT2D eigenvalue weighted by molar-refractivity contribution is 5.77. The van der Waals surface area contributed by atoms with E-state index in [1.807, 2.05) is 13.0 Å². The predicted molar refractivity (Wildman–Crippen MR) is 74.3 cm³/mol. The minimum Gasteiger partial charge on any atom is -0.478 e. The molecule has 6 nitrogen and oxygen atoms in total. The Kier molecular flexibility index (Phi) is 6.90. The number of ether oxygens (including phenoxy) is 1. The van der Waals surface area contributed by atoms with Gasteiger partial charge in [-0.3, -0.25) is 9.59 Å². The Bertz CT molecular complexity index is 531. The topological polar surface area (TPSA) is 84.1 Å². The average Bonchev–Trinajstić information content (AvgIpc) is 2.45. The zero-order chi connectivity index (χ0) is 14.8. The number of nitriles is 1. The number of aryl methyl sites for hydroxylation is 1. The number of carbonyl (C=O) groups is 1. The number of amides is 1. The van der Waals surface area contributed by atoms with Crippen molar-refractivity contribution in [2.75, 3.05) is 13.2 Å². The van der Waals surface area contributed by atoms with Gasteiger partial charge in [-0.05, 0) is 18.6 Å². The molecule has 0 saturated heterocycles. The number of pyridine rings is 1. The lowest BCUT2D eigenvalue weighted by Gasteiger charge is -2.08. The molecule has 0 aromatic carbocycles. The van der Waals surface area contributed by atoms with Crippen molar-refractivity contribution in [3.8, 4) is 11.8 Å². The fourth-order valence-electron chi connectivity index (χ4n) is 1.57. The summed E-state index contributed by atoms with van der Waals surface area (Å²) in [5.74, 6) is -0.124. The Hall–Kier alpha value is -2.29. The van der Waals surface area contributed by atoms with Gasteiger partial charge in [0.25, 0.3) is 11.5 Å². The summed E-state index contributed by atoms with van der Waals surface area (Å²) in [6.07, 6.45) is 3.76. The molecule has 0 fully saturated rings. The van der Waals surface area contributed by atoms with Crippen LogP contribution in [0.5, 0.6) is 5.75 Å². The summed E-state index contributed by atoms with van der Waals surface area (Å²) < 4.78 is 6.62. The molecule has 0 atom stereocenters. The molecule has 20 heavy (non-hydrogen) atoms. The van der Waals surface area contributed by atoms with E-state index in [2.05, 4.69) is 5.32 Å². The summed E-state index contributed by atoms with van der Waals surface area (Å²) in [5, 5.41) is 11.2. The third-order valence-corrected chi connectivity index (χ3v) is 2.66. The summed E-state index contributed by atoms with van der Waals surface area (Å²) in [6.45, 7) is 2.78. The van der Waals surface area contributed by atoms with Gasteiger partial charge in [-0.1, -0.05) is 13.3 Å². The number of unbranched alkanes of at least 4 members (excludes halogenated alkanes) is 1. The first-order valence-corrected chi connectivity index (χ1v) is 6.65. The third-order valence-electron chi connectivity index (χ3n) is 2.66. The Morgan fingerprint density at radius 3 is 3.05 bits per heavy atom. The van der Waals surface area contributed by atoms with E-state index >= 15 is 0 Å². The van der Waals surface area contributed by atoms with Gasteiger partial charge >= 0.3 is 0 Å². The van der Waals surface area contributed by atoms with Gasteiger partial charge in [-0.2, -0.15) is 5.26 Å². The zero-order valence-corrected chi connectivity index (χ0v) is 11.6. The average molecular weight is 277 g/mol. The van der Waals surface area contributed by atoms with E-state index in [1.54, 1.807) is 12.3 Å². The quantitative estimate of drug-likeness (QED) is 0.720. The van der Waals surface area contributed by atoms with Crippen molar-refractivity contribution >= 4 is 5.91 Å². The van der Waals surface area contributed by atoms with Crippen LogP contribution in [0.3, 0.4) is 0 Å². The number of rotatable bonds is 8. The van der Waals surface area contributed by atoms with Gasteiger partial charge in [-0.15, -0.1) is 0 Å². The Morgan fingerprint density at radius 2 is 2.35 bits per heavy atom. The molecule has 0 aliphatic heterocycles. The van der Waals surface area contributed by atoms with Crippen molar-refractivity contribution in [3.05, 3.63) is 28.7 Å². The molecule has 108 valence electrons. The lowest BCUT2D eigenvalue weighted by Crippen LogP contribution is -2.31. The smallest absolute Gasteiger partial charge is 0.292 e. The second-order valence-electron chi connectivity index (χ2n) is 4.27. The molecule has 0 aliphatic rings. The van der Waals surface area contributed by atoms with Gasteiger partial charge in [0.15, 0.2) is 12.4 Å². The number of hydrogen-bond acceptors (Lipinski definition) is 4. The van der Waals surface area contributed by atoms with Crippen LogP contribution in [0.15, 0.2) is 23.1 Å². The molecule has 6 heteroatoms. The minimum atomic E-state index is -0.330. The summed E-state index contributed by atoms with van der Waals surface area (Å²) in [4.78, 5) is 23.4. The summed E-state index contributed by atoms with van der Waals surface area (Å²) in [7, 11) is 0. The molecule has 1 aromatic rings. The van der Waals surface area contributed by atoms with Crippen LogP contribution in [0.1, 0.15) is 26.2 Å². The molecule has 0 bridgehead atoms. The number of carbonyl (C=O) groups excluding carboxylic acids is 1.